The van der Waals surface area contributed by atoms with E-state index in [0.717, 1.165) is 23.6 Å². The van der Waals surface area contributed by atoms with Crippen LogP contribution in [0, 0.1) is 11.7 Å². The number of hydrogen-bond acceptors (Lipinski definition) is 6. The summed E-state index contributed by atoms with van der Waals surface area (Å²) >= 11 is 0. The van der Waals surface area contributed by atoms with Crippen LogP contribution in [0.5, 0.6) is 0 Å². The molecule has 1 fully saturated rings. The Morgan fingerprint density at radius 1 is 0.915 bits per heavy atom. The van der Waals surface area contributed by atoms with Crippen molar-refractivity contribution in [3.8, 4) is 5.69 Å². The first-order chi connectivity index (χ1) is 27.9. The molecule has 2 amide bonds. The number of hydrogen-bond donors (Lipinski definition) is 2. The number of carbonyl (C=O) groups excluding carboxylic acids is 2. The van der Waals surface area contributed by atoms with Gasteiger partial charge in [0, 0.05) is 18.2 Å². The molecule has 4 atom stereocenters. The Hall–Kier alpha value is -4.76. The molecular formula is C44H55F4N5O5S. The van der Waals surface area contributed by atoms with Crippen LogP contribution >= 0.6 is 0 Å². The lowest BCUT2D eigenvalue weighted by molar-refractivity contribution is -0.141. The fraction of sp³-hybridized carbons (Fsp3) is 0.477. The second-order valence-electron chi connectivity index (χ2n) is 15.5. The van der Waals surface area contributed by atoms with Gasteiger partial charge in [0.15, 0.2) is 5.69 Å². The quantitative estimate of drug-likeness (QED) is 0.0962. The zero-order valence-electron chi connectivity index (χ0n) is 34.7. The first-order valence-electron chi connectivity index (χ1n) is 20.3. The Labute approximate surface area is 344 Å². The monoisotopic (exact) mass is 841 g/mol. The van der Waals surface area contributed by atoms with Crippen molar-refractivity contribution in [2.45, 2.75) is 122 Å². The summed E-state index contributed by atoms with van der Waals surface area (Å²) < 4.78 is 94.5. The van der Waals surface area contributed by atoms with Gasteiger partial charge >= 0.3 is 12.3 Å². The number of benzene rings is 3. The molecule has 320 valence electrons. The summed E-state index contributed by atoms with van der Waals surface area (Å²) in [6.07, 6.45) is -0.883. The van der Waals surface area contributed by atoms with Gasteiger partial charge in [-0.2, -0.15) is 18.3 Å². The van der Waals surface area contributed by atoms with E-state index in [2.05, 4.69) is 15.1 Å². The van der Waals surface area contributed by atoms with Gasteiger partial charge in [0.2, 0.25) is 10.0 Å². The van der Waals surface area contributed by atoms with Crippen LogP contribution < -0.4 is 10.0 Å². The molecular weight excluding hydrogens is 787 g/mol. The highest BCUT2D eigenvalue weighted by Crippen LogP contribution is 2.46. The molecule has 0 spiro atoms. The van der Waals surface area contributed by atoms with Crippen molar-refractivity contribution in [1.82, 2.24) is 19.4 Å². The lowest BCUT2D eigenvalue weighted by Crippen LogP contribution is -2.44. The van der Waals surface area contributed by atoms with Crippen LogP contribution in [0.25, 0.3) is 5.69 Å². The van der Waals surface area contributed by atoms with Crippen LogP contribution in [0.3, 0.4) is 0 Å². The van der Waals surface area contributed by atoms with Crippen molar-refractivity contribution < 1.29 is 40.3 Å². The van der Waals surface area contributed by atoms with Crippen LogP contribution in [0.2, 0.25) is 0 Å². The summed E-state index contributed by atoms with van der Waals surface area (Å²) in [5, 5.41) is 6.31. The van der Waals surface area contributed by atoms with Gasteiger partial charge in [-0.15, -0.1) is 0 Å². The van der Waals surface area contributed by atoms with Gasteiger partial charge in [0.05, 0.1) is 11.4 Å². The molecule has 0 bridgehead atoms. The van der Waals surface area contributed by atoms with Crippen LogP contribution in [-0.4, -0.2) is 54.2 Å². The molecule has 0 saturated heterocycles. The molecule has 0 aliphatic heterocycles. The van der Waals surface area contributed by atoms with Crippen molar-refractivity contribution in [3.05, 3.63) is 112 Å². The lowest BCUT2D eigenvalue weighted by atomic mass is 9.85. The highest BCUT2D eigenvalue weighted by molar-refractivity contribution is 7.90. The number of aromatic nitrogens is 2. The predicted octanol–water partition coefficient (Wildman–Crippen LogP) is 10.3. The number of alkyl halides is 3. The summed E-state index contributed by atoms with van der Waals surface area (Å²) in [6.45, 7) is 11.4. The third kappa shape index (κ3) is 9.67. The number of sulfonamides is 1. The second kappa shape index (κ2) is 18.7. The molecule has 3 aromatic carbocycles. The van der Waals surface area contributed by atoms with Gasteiger partial charge in [0.25, 0.3) is 5.91 Å². The van der Waals surface area contributed by atoms with Crippen molar-refractivity contribution in [2.75, 3.05) is 12.4 Å². The van der Waals surface area contributed by atoms with Crippen molar-refractivity contribution in [1.29, 1.82) is 0 Å². The molecule has 1 saturated carbocycles. The van der Waals surface area contributed by atoms with Crippen molar-refractivity contribution in [2.24, 2.45) is 5.92 Å². The minimum atomic E-state index is -4.96. The first-order valence-corrected chi connectivity index (χ1v) is 21.8. The van der Waals surface area contributed by atoms with Crippen LogP contribution in [0.4, 0.5) is 28.0 Å². The summed E-state index contributed by atoms with van der Waals surface area (Å²) in [6, 6.07) is 17.4. The third-order valence-electron chi connectivity index (χ3n) is 11.7. The maximum atomic E-state index is 15.8. The molecule has 2 N–H and O–H groups in total. The van der Waals surface area contributed by atoms with E-state index in [1.54, 1.807) is 47.4 Å². The minimum absolute atomic E-state index is 0.0977. The average molecular weight is 842 g/mol. The summed E-state index contributed by atoms with van der Waals surface area (Å²) in [5.41, 5.74) is -0.559. The van der Waals surface area contributed by atoms with Crippen LogP contribution in [0.15, 0.2) is 72.8 Å². The molecule has 59 heavy (non-hydrogen) atoms. The number of nitrogens with zero attached hydrogens (tertiary/aromatic N) is 3. The van der Waals surface area contributed by atoms with Gasteiger partial charge in [-0.1, -0.05) is 89.1 Å². The number of nitrogens with one attached hydrogen (secondary N) is 2. The SMILES string of the molecule is CCC(C)c1c(COC(=O)N(C(C)CC)C(C)CC)cccc1-n1nc(C(F)(F)F)cc1C(=O)Nc1cc(C(CCC2CC2)(c2ccccc2)S(=O)(=O)NC)ccc1F. The van der Waals surface area contributed by atoms with Crippen LogP contribution in [-0.2, 0) is 32.3 Å². The zero-order valence-corrected chi connectivity index (χ0v) is 35.5. The lowest BCUT2D eigenvalue weighted by Gasteiger charge is -2.34. The van der Waals surface area contributed by atoms with Gasteiger partial charge in [-0.05, 0) is 105 Å². The average Bonchev–Trinajstić information content (AvgIpc) is 3.94. The first kappa shape index (κ1) is 45.3. The van der Waals surface area contributed by atoms with E-state index in [1.807, 2.05) is 41.5 Å². The fourth-order valence-electron chi connectivity index (χ4n) is 7.60. The highest BCUT2D eigenvalue weighted by Gasteiger charge is 2.47. The Bertz CT molecular complexity index is 2200. The molecule has 4 aromatic rings. The van der Waals surface area contributed by atoms with Gasteiger partial charge in [-0.25, -0.2) is 27.0 Å². The van der Waals surface area contributed by atoms with Gasteiger partial charge < -0.3 is 15.0 Å². The fourth-order valence-corrected chi connectivity index (χ4v) is 9.22. The molecule has 5 rings (SSSR count). The number of amides is 2. The molecule has 1 aliphatic carbocycles. The van der Waals surface area contributed by atoms with E-state index < -0.39 is 55.8 Å². The number of anilines is 1. The van der Waals surface area contributed by atoms with Gasteiger partial charge in [-0.3, -0.25) is 4.79 Å². The molecule has 1 aromatic heterocycles. The van der Waals surface area contributed by atoms with E-state index in [-0.39, 0.29) is 42.3 Å². The topological polar surface area (TPSA) is 123 Å². The summed E-state index contributed by atoms with van der Waals surface area (Å²) in [5.74, 6) is -2.00. The largest absolute Gasteiger partial charge is 0.445 e. The van der Waals surface area contributed by atoms with E-state index in [1.165, 1.54) is 25.2 Å². The van der Waals surface area contributed by atoms with Crippen molar-refractivity contribution in [3.63, 3.8) is 0 Å². The standard InChI is InChI=1S/C44H55F4N5O5S/c1-8-28(4)40-32(27-58-42(55)52(29(5)9-2)30(6)10-3)15-14-18-37(40)53-38(26-39(51-53)44(46,47)48)41(54)50-36-25-34(21-22-35(36)45)43(59(56,57)49-7,24-23-31-19-20-31)33-16-12-11-13-17-33/h11-18,21-22,25-26,28-31,49H,8-10,19-20,23-24,27H2,1-7H3,(H,50,54). The minimum Gasteiger partial charge on any atom is -0.445 e. The maximum absolute atomic E-state index is 15.8. The van der Waals surface area contributed by atoms with Crippen LogP contribution in [0.1, 0.15) is 131 Å². The Balaban J connectivity index is 1.59. The smallest absolute Gasteiger partial charge is 0.435 e. The number of halogens is 4. The molecule has 1 heterocycles. The summed E-state index contributed by atoms with van der Waals surface area (Å²) in [7, 11) is -2.86. The predicted molar refractivity (Wildman–Crippen MR) is 220 cm³/mol. The Morgan fingerprint density at radius 2 is 1.58 bits per heavy atom. The Morgan fingerprint density at radius 3 is 2.15 bits per heavy atom. The van der Waals surface area contributed by atoms with Crippen molar-refractivity contribution >= 4 is 27.7 Å². The normalized spacial score (nSPS) is 15.8. The van der Waals surface area contributed by atoms with Gasteiger partial charge in [0.1, 0.15) is 22.9 Å². The zero-order chi connectivity index (χ0) is 43.3. The number of ether oxygens (including phenoxy) is 1. The van der Waals surface area contributed by atoms with E-state index in [0.29, 0.717) is 54.4 Å². The van der Waals surface area contributed by atoms with E-state index in [9.17, 15) is 31.2 Å². The molecule has 15 heteroatoms. The molecule has 4 unspecified atom stereocenters. The molecule has 0 radical (unpaired) electrons. The molecule has 1 aliphatic rings. The third-order valence-corrected chi connectivity index (χ3v) is 13.8. The second-order valence-corrected chi connectivity index (χ2v) is 17.6. The maximum Gasteiger partial charge on any atom is 0.435 e. The number of carbonyl (C=O) groups is 2. The van der Waals surface area contributed by atoms with E-state index >= 15 is 4.39 Å². The number of rotatable bonds is 18. The molecule has 10 nitrogen and oxygen atoms in total. The summed E-state index contributed by atoms with van der Waals surface area (Å²) in [4.78, 5) is 29.3. The Kier molecular flexibility index (Phi) is 14.3. The highest BCUT2D eigenvalue weighted by atomic mass is 32.2. The van der Waals surface area contributed by atoms with E-state index in [4.69, 9.17) is 4.74 Å².